The summed E-state index contributed by atoms with van der Waals surface area (Å²) >= 11 is 0. The number of nitrogens with zero attached hydrogens (tertiary/aromatic N) is 2. The lowest BCUT2D eigenvalue weighted by Gasteiger charge is -2.19. The summed E-state index contributed by atoms with van der Waals surface area (Å²) in [7, 11) is 0. The molecule has 1 N–H and O–H groups in total. The Morgan fingerprint density at radius 2 is 1.95 bits per heavy atom. The van der Waals surface area contributed by atoms with Gasteiger partial charge in [-0.1, -0.05) is 29.8 Å². The maximum absolute atomic E-state index is 12.5. The minimum absolute atomic E-state index is 0.0702. The molecule has 1 unspecified atom stereocenters. The number of pyridine rings is 1. The summed E-state index contributed by atoms with van der Waals surface area (Å²) in [4.78, 5) is 18.4. The third kappa shape index (κ3) is 3.02. The van der Waals surface area contributed by atoms with Crippen molar-refractivity contribution in [1.82, 2.24) is 9.88 Å². The van der Waals surface area contributed by atoms with E-state index >= 15 is 0 Å². The molecule has 0 spiro atoms. The van der Waals surface area contributed by atoms with Crippen LogP contribution in [-0.2, 0) is 0 Å². The predicted octanol–water partition coefficient (Wildman–Crippen LogP) is 2.65. The maximum atomic E-state index is 12.5. The second kappa shape index (κ2) is 5.54. The summed E-state index contributed by atoms with van der Waals surface area (Å²) in [5.74, 6) is -0.0702. The molecular formula is C18H20N2O2. The van der Waals surface area contributed by atoms with Gasteiger partial charge in [0, 0.05) is 31.0 Å². The Morgan fingerprint density at radius 3 is 2.59 bits per heavy atom. The first-order chi connectivity index (χ1) is 10.4. The van der Waals surface area contributed by atoms with Crippen LogP contribution in [0.2, 0.25) is 0 Å². The number of carbonyl (C=O) groups excluding carboxylic acids is 1. The fourth-order valence-electron chi connectivity index (χ4n) is 2.76. The monoisotopic (exact) mass is 296 g/mol. The van der Waals surface area contributed by atoms with Crippen LogP contribution in [0.15, 0.2) is 42.7 Å². The van der Waals surface area contributed by atoms with Gasteiger partial charge in [0.25, 0.3) is 5.91 Å². The zero-order chi connectivity index (χ0) is 15.7. The molecule has 4 heteroatoms. The number of amides is 1. The molecule has 22 heavy (non-hydrogen) atoms. The van der Waals surface area contributed by atoms with E-state index in [-0.39, 0.29) is 5.91 Å². The lowest BCUT2D eigenvalue weighted by Crippen LogP contribution is -2.33. The Hall–Kier alpha value is -2.20. The van der Waals surface area contributed by atoms with E-state index in [0.717, 1.165) is 11.1 Å². The number of carbonyl (C=O) groups is 1. The standard InChI is InChI=1S/C18H20N2O2/c1-13-3-5-14(6-4-13)15-9-16(11-19-10-15)17(21)20-8-7-18(2,22)12-20/h3-6,9-11,22H,7-8,12H2,1-2H3. The highest BCUT2D eigenvalue weighted by atomic mass is 16.3. The number of aromatic nitrogens is 1. The molecule has 0 bridgehead atoms. The van der Waals surface area contributed by atoms with Gasteiger partial charge in [0.1, 0.15) is 0 Å². The molecule has 4 nitrogen and oxygen atoms in total. The van der Waals surface area contributed by atoms with Crippen LogP contribution in [0, 0.1) is 6.92 Å². The molecule has 1 aliphatic heterocycles. The van der Waals surface area contributed by atoms with Crippen LogP contribution in [0.4, 0.5) is 0 Å². The van der Waals surface area contributed by atoms with Crippen LogP contribution >= 0.6 is 0 Å². The van der Waals surface area contributed by atoms with Crippen LogP contribution < -0.4 is 0 Å². The molecule has 2 heterocycles. The predicted molar refractivity (Wildman–Crippen MR) is 85.6 cm³/mol. The lowest BCUT2D eigenvalue weighted by atomic mass is 10.0. The number of rotatable bonds is 2. The molecule has 0 aliphatic carbocycles. The Bertz CT molecular complexity index is 692. The summed E-state index contributed by atoms with van der Waals surface area (Å²) in [5.41, 5.74) is 2.95. The normalized spacial score (nSPS) is 21.1. The molecule has 1 amide bonds. The maximum Gasteiger partial charge on any atom is 0.255 e. The van der Waals surface area contributed by atoms with E-state index in [1.807, 2.05) is 37.3 Å². The second-order valence-corrected chi connectivity index (χ2v) is 6.30. The molecular weight excluding hydrogens is 276 g/mol. The van der Waals surface area contributed by atoms with Crippen LogP contribution in [0.3, 0.4) is 0 Å². The average molecular weight is 296 g/mol. The highest BCUT2D eigenvalue weighted by molar-refractivity contribution is 5.95. The summed E-state index contributed by atoms with van der Waals surface area (Å²) < 4.78 is 0. The molecule has 1 aromatic heterocycles. The number of hydrogen-bond acceptors (Lipinski definition) is 3. The average Bonchev–Trinajstić information content (AvgIpc) is 2.87. The Kier molecular flexibility index (Phi) is 3.71. The molecule has 114 valence electrons. The Balaban J connectivity index is 1.85. The molecule has 1 atom stereocenters. The molecule has 0 radical (unpaired) electrons. The minimum atomic E-state index is -0.780. The number of likely N-dealkylation sites (tertiary alicyclic amines) is 1. The van der Waals surface area contributed by atoms with Crippen LogP contribution in [0.5, 0.6) is 0 Å². The van der Waals surface area contributed by atoms with Gasteiger partial charge in [-0.3, -0.25) is 9.78 Å². The molecule has 1 saturated heterocycles. The van der Waals surface area contributed by atoms with Gasteiger partial charge in [-0.2, -0.15) is 0 Å². The van der Waals surface area contributed by atoms with Gasteiger partial charge in [0.2, 0.25) is 0 Å². The number of aliphatic hydroxyl groups is 1. The third-order valence-corrected chi connectivity index (χ3v) is 4.11. The first-order valence-corrected chi connectivity index (χ1v) is 7.48. The molecule has 1 aliphatic rings. The first kappa shape index (κ1) is 14.7. The number of hydrogen-bond donors (Lipinski definition) is 1. The Morgan fingerprint density at radius 1 is 1.23 bits per heavy atom. The quantitative estimate of drug-likeness (QED) is 0.927. The molecule has 2 aromatic rings. The number of benzene rings is 1. The number of β-amino-alcohol motifs (C(OH)–C–C–N with tert-alkyl or cyclic N) is 1. The van der Waals surface area contributed by atoms with E-state index in [2.05, 4.69) is 4.98 Å². The zero-order valence-corrected chi connectivity index (χ0v) is 12.9. The highest BCUT2D eigenvalue weighted by Crippen LogP contribution is 2.24. The van der Waals surface area contributed by atoms with Gasteiger partial charge in [-0.05, 0) is 31.9 Å². The van der Waals surface area contributed by atoms with Crippen molar-refractivity contribution >= 4 is 5.91 Å². The van der Waals surface area contributed by atoms with Gasteiger partial charge in [0.15, 0.2) is 0 Å². The zero-order valence-electron chi connectivity index (χ0n) is 12.9. The van der Waals surface area contributed by atoms with Crippen molar-refractivity contribution < 1.29 is 9.90 Å². The van der Waals surface area contributed by atoms with E-state index in [9.17, 15) is 9.90 Å². The van der Waals surface area contributed by atoms with E-state index in [1.165, 1.54) is 5.56 Å². The van der Waals surface area contributed by atoms with Crippen LogP contribution in [0.1, 0.15) is 29.3 Å². The molecule has 1 fully saturated rings. The third-order valence-electron chi connectivity index (χ3n) is 4.11. The van der Waals surface area contributed by atoms with E-state index in [1.54, 1.807) is 24.2 Å². The van der Waals surface area contributed by atoms with Crippen molar-refractivity contribution in [3.05, 3.63) is 53.9 Å². The SMILES string of the molecule is Cc1ccc(-c2cncc(C(=O)N3CCC(C)(O)C3)c2)cc1. The van der Waals surface area contributed by atoms with Crippen LogP contribution in [0.25, 0.3) is 11.1 Å². The molecule has 0 saturated carbocycles. The lowest BCUT2D eigenvalue weighted by molar-refractivity contribution is 0.0572. The minimum Gasteiger partial charge on any atom is -0.388 e. The summed E-state index contributed by atoms with van der Waals surface area (Å²) in [6.07, 6.45) is 3.97. The van der Waals surface area contributed by atoms with E-state index < -0.39 is 5.60 Å². The van der Waals surface area contributed by atoms with Crippen molar-refractivity contribution in [2.75, 3.05) is 13.1 Å². The van der Waals surface area contributed by atoms with Crippen molar-refractivity contribution in [2.24, 2.45) is 0 Å². The van der Waals surface area contributed by atoms with Gasteiger partial charge < -0.3 is 10.0 Å². The molecule has 1 aromatic carbocycles. The van der Waals surface area contributed by atoms with Crippen molar-refractivity contribution in [2.45, 2.75) is 25.9 Å². The highest BCUT2D eigenvalue weighted by Gasteiger charge is 2.34. The Labute approximate surface area is 130 Å². The van der Waals surface area contributed by atoms with Gasteiger partial charge in [0.05, 0.1) is 11.2 Å². The van der Waals surface area contributed by atoms with Crippen molar-refractivity contribution in [3.63, 3.8) is 0 Å². The first-order valence-electron chi connectivity index (χ1n) is 7.48. The van der Waals surface area contributed by atoms with Gasteiger partial charge >= 0.3 is 0 Å². The number of aryl methyl sites for hydroxylation is 1. The summed E-state index contributed by atoms with van der Waals surface area (Å²) in [6, 6.07) is 10.0. The van der Waals surface area contributed by atoms with Crippen molar-refractivity contribution in [3.8, 4) is 11.1 Å². The van der Waals surface area contributed by atoms with Gasteiger partial charge in [-0.15, -0.1) is 0 Å². The fourth-order valence-corrected chi connectivity index (χ4v) is 2.76. The van der Waals surface area contributed by atoms with Crippen LogP contribution in [-0.4, -0.2) is 39.6 Å². The largest absolute Gasteiger partial charge is 0.388 e. The van der Waals surface area contributed by atoms with E-state index in [0.29, 0.717) is 25.1 Å². The topological polar surface area (TPSA) is 53.4 Å². The van der Waals surface area contributed by atoms with Crippen molar-refractivity contribution in [1.29, 1.82) is 0 Å². The fraction of sp³-hybridized carbons (Fsp3) is 0.333. The second-order valence-electron chi connectivity index (χ2n) is 6.30. The smallest absolute Gasteiger partial charge is 0.255 e. The van der Waals surface area contributed by atoms with E-state index in [4.69, 9.17) is 0 Å². The summed E-state index contributed by atoms with van der Waals surface area (Å²) in [5, 5.41) is 10.0. The van der Waals surface area contributed by atoms with Gasteiger partial charge in [-0.25, -0.2) is 0 Å². The summed E-state index contributed by atoms with van der Waals surface area (Å²) in [6.45, 7) is 4.77. The molecule has 3 rings (SSSR count).